The number of amides is 1. The predicted octanol–water partition coefficient (Wildman–Crippen LogP) is 3.40. The largest absolute Gasteiger partial charge is 0.308 e. The van der Waals surface area contributed by atoms with Gasteiger partial charge < -0.3 is 5.32 Å². The number of carbonyl (C=O) groups excluding carboxylic acids is 1. The second-order valence-electron chi connectivity index (χ2n) is 6.08. The van der Waals surface area contributed by atoms with E-state index in [1.54, 1.807) is 0 Å². The molecule has 3 rings (SSSR count). The number of benzene rings is 1. The van der Waals surface area contributed by atoms with E-state index < -0.39 is 0 Å². The monoisotopic (exact) mass is 283 g/mol. The lowest BCUT2D eigenvalue weighted by Gasteiger charge is -2.40. The highest BCUT2D eigenvalue weighted by Gasteiger charge is 2.45. The molecule has 1 saturated carbocycles. The molecule has 1 aromatic heterocycles. The maximum Gasteiger partial charge on any atom is 0.236 e. The van der Waals surface area contributed by atoms with E-state index in [4.69, 9.17) is 0 Å². The van der Waals surface area contributed by atoms with Gasteiger partial charge in [-0.3, -0.25) is 9.89 Å². The highest BCUT2D eigenvalue weighted by atomic mass is 16.2. The van der Waals surface area contributed by atoms with E-state index >= 15 is 0 Å². The van der Waals surface area contributed by atoms with Crippen LogP contribution in [-0.4, -0.2) is 16.1 Å². The summed E-state index contributed by atoms with van der Waals surface area (Å²) in [5.74, 6) is 0.713. The van der Waals surface area contributed by atoms with E-state index in [-0.39, 0.29) is 11.3 Å². The number of rotatable bonds is 3. The fourth-order valence-electron chi connectivity index (χ4n) is 2.95. The Balaban J connectivity index is 1.89. The van der Waals surface area contributed by atoms with Gasteiger partial charge in [0.25, 0.3) is 0 Å². The van der Waals surface area contributed by atoms with Crippen LogP contribution in [-0.2, 0) is 10.2 Å². The molecule has 1 aliphatic carbocycles. The Bertz CT molecular complexity index is 683. The maximum absolute atomic E-state index is 12.8. The fourth-order valence-corrected chi connectivity index (χ4v) is 2.95. The summed E-state index contributed by atoms with van der Waals surface area (Å²) >= 11 is 0. The molecule has 2 aromatic rings. The summed E-state index contributed by atoms with van der Waals surface area (Å²) < 4.78 is 0. The van der Waals surface area contributed by atoms with E-state index in [1.807, 2.05) is 19.9 Å². The molecule has 0 aliphatic heterocycles. The first-order valence-electron chi connectivity index (χ1n) is 7.43. The van der Waals surface area contributed by atoms with Crippen molar-refractivity contribution < 1.29 is 4.79 Å². The SMILES string of the molecule is Cc1cccc(C2(C(=O)Nc3n[nH]c(C)c3C)CCC2)c1. The fraction of sp³-hybridized carbons (Fsp3) is 0.412. The van der Waals surface area contributed by atoms with E-state index in [0.717, 1.165) is 36.1 Å². The first-order valence-corrected chi connectivity index (χ1v) is 7.43. The molecule has 0 unspecified atom stereocenters. The van der Waals surface area contributed by atoms with E-state index in [9.17, 15) is 4.79 Å². The van der Waals surface area contributed by atoms with Crippen LogP contribution >= 0.6 is 0 Å². The van der Waals surface area contributed by atoms with Crippen LogP contribution in [0.5, 0.6) is 0 Å². The zero-order chi connectivity index (χ0) is 15.0. The van der Waals surface area contributed by atoms with Crippen molar-refractivity contribution >= 4 is 11.7 Å². The highest BCUT2D eigenvalue weighted by Crippen LogP contribution is 2.44. The van der Waals surface area contributed by atoms with Gasteiger partial charge in [0.1, 0.15) is 0 Å². The minimum absolute atomic E-state index is 0.0638. The van der Waals surface area contributed by atoms with Crippen LogP contribution < -0.4 is 5.32 Å². The lowest BCUT2D eigenvalue weighted by atomic mass is 9.63. The number of aromatic nitrogens is 2. The lowest BCUT2D eigenvalue weighted by molar-refractivity contribution is -0.124. The van der Waals surface area contributed by atoms with Gasteiger partial charge in [-0.1, -0.05) is 36.2 Å². The van der Waals surface area contributed by atoms with Crippen LogP contribution in [0.1, 0.15) is 41.6 Å². The van der Waals surface area contributed by atoms with Crippen molar-refractivity contribution in [2.75, 3.05) is 5.32 Å². The summed E-state index contributed by atoms with van der Waals surface area (Å²) in [7, 11) is 0. The zero-order valence-electron chi connectivity index (χ0n) is 12.8. The topological polar surface area (TPSA) is 57.8 Å². The van der Waals surface area contributed by atoms with Crippen molar-refractivity contribution in [3.8, 4) is 0 Å². The predicted molar refractivity (Wildman–Crippen MR) is 83.4 cm³/mol. The summed E-state index contributed by atoms with van der Waals surface area (Å²) in [6.45, 7) is 5.99. The normalized spacial score (nSPS) is 16.3. The minimum Gasteiger partial charge on any atom is -0.308 e. The molecular weight excluding hydrogens is 262 g/mol. The first kappa shape index (κ1) is 13.9. The summed E-state index contributed by atoms with van der Waals surface area (Å²) in [6, 6.07) is 8.28. The van der Waals surface area contributed by atoms with Crippen LogP contribution in [0, 0.1) is 20.8 Å². The van der Waals surface area contributed by atoms with Crippen LogP contribution in [0.4, 0.5) is 5.82 Å². The molecule has 21 heavy (non-hydrogen) atoms. The Labute approximate surface area is 125 Å². The maximum atomic E-state index is 12.8. The van der Waals surface area contributed by atoms with Crippen LogP contribution in [0.3, 0.4) is 0 Å². The van der Waals surface area contributed by atoms with E-state index in [2.05, 4.69) is 40.6 Å². The molecule has 110 valence electrons. The molecule has 0 saturated heterocycles. The van der Waals surface area contributed by atoms with Crippen molar-refractivity contribution in [3.63, 3.8) is 0 Å². The molecule has 1 fully saturated rings. The molecule has 0 spiro atoms. The molecule has 0 radical (unpaired) electrons. The number of aryl methyl sites for hydroxylation is 2. The molecule has 4 nitrogen and oxygen atoms in total. The quantitative estimate of drug-likeness (QED) is 0.907. The number of nitrogens with one attached hydrogen (secondary N) is 2. The van der Waals surface area contributed by atoms with E-state index in [0.29, 0.717) is 5.82 Å². The Morgan fingerprint density at radius 3 is 2.57 bits per heavy atom. The second-order valence-corrected chi connectivity index (χ2v) is 6.08. The smallest absolute Gasteiger partial charge is 0.236 e. The van der Waals surface area contributed by atoms with E-state index in [1.165, 1.54) is 5.56 Å². The Morgan fingerprint density at radius 2 is 2.05 bits per heavy atom. The third-order valence-corrected chi connectivity index (χ3v) is 4.70. The molecule has 4 heteroatoms. The molecule has 1 heterocycles. The third-order valence-electron chi connectivity index (χ3n) is 4.70. The van der Waals surface area contributed by atoms with Gasteiger partial charge in [-0.2, -0.15) is 5.10 Å². The number of hydrogen-bond acceptors (Lipinski definition) is 2. The van der Waals surface area contributed by atoms with Crippen LogP contribution in [0.2, 0.25) is 0 Å². The number of aromatic amines is 1. The van der Waals surface area contributed by atoms with Crippen LogP contribution in [0.25, 0.3) is 0 Å². The van der Waals surface area contributed by atoms with Crippen molar-refractivity contribution in [2.45, 2.75) is 45.4 Å². The standard InChI is InChI=1S/C17H21N3O/c1-11-6-4-7-14(10-11)17(8-5-9-17)16(21)18-15-12(2)13(3)19-20-15/h4,6-7,10H,5,8-9H2,1-3H3,(H2,18,19,20,21). The molecule has 1 amide bonds. The number of anilines is 1. The molecule has 0 atom stereocenters. The number of carbonyl (C=O) groups is 1. The number of hydrogen-bond donors (Lipinski definition) is 2. The summed E-state index contributed by atoms with van der Waals surface area (Å²) in [6.07, 6.45) is 2.91. The van der Waals surface area contributed by atoms with Crippen molar-refractivity contribution in [3.05, 3.63) is 46.6 Å². The van der Waals surface area contributed by atoms with Gasteiger partial charge in [0, 0.05) is 11.3 Å². The Hall–Kier alpha value is -2.10. The van der Waals surface area contributed by atoms with Crippen molar-refractivity contribution in [1.29, 1.82) is 0 Å². The number of nitrogens with zero attached hydrogens (tertiary/aromatic N) is 1. The lowest BCUT2D eigenvalue weighted by Crippen LogP contribution is -2.46. The molecule has 0 bridgehead atoms. The van der Waals surface area contributed by atoms with Crippen molar-refractivity contribution in [2.24, 2.45) is 0 Å². The van der Waals surface area contributed by atoms with Gasteiger partial charge in [0.2, 0.25) is 5.91 Å². The Morgan fingerprint density at radius 1 is 1.29 bits per heavy atom. The van der Waals surface area contributed by atoms with Gasteiger partial charge in [0.15, 0.2) is 5.82 Å². The van der Waals surface area contributed by atoms with Gasteiger partial charge >= 0.3 is 0 Å². The Kier molecular flexibility index (Phi) is 3.32. The van der Waals surface area contributed by atoms with Gasteiger partial charge in [-0.25, -0.2) is 0 Å². The molecule has 1 aromatic carbocycles. The van der Waals surface area contributed by atoms with Gasteiger partial charge in [0.05, 0.1) is 5.41 Å². The highest BCUT2D eigenvalue weighted by molar-refractivity contribution is 5.99. The molecule has 2 N–H and O–H groups in total. The zero-order valence-corrected chi connectivity index (χ0v) is 12.8. The average Bonchev–Trinajstić information content (AvgIpc) is 2.70. The number of H-pyrrole nitrogens is 1. The van der Waals surface area contributed by atoms with Gasteiger partial charge in [-0.05, 0) is 39.2 Å². The summed E-state index contributed by atoms with van der Waals surface area (Å²) in [4.78, 5) is 12.8. The van der Waals surface area contributed by atoms with Crippen LogP contribution in [0.15, 0.2) is 24.3 Å². The average molecular weight is 283 g/mol. The second kappa shape index (κ2) is 5.02. The summed E-state index contributed by atoms with van der Waals surface area (Å²) in [5.41, 5.74) is 3.92. The minimum atomic E-state index is -0.384. The molecular formula is C17H21N3O. The van der Waals surface area contributed by atoms with Gasteiger partial charge in [-0.15, -0.1) is 0 Å². The summed E-state index contributed by atoms with van der Waals surface area (Å²) in [5, 5.41) is 10.1. The molecule has 1 aliphatic rings. The third kappa shape index (κ3) is 2.24. The van der Waals surface area contributed by atoms with Crippen molar-refractivity contribution in [1.82, 2.24) is 10.2 Å². The first-order chi connectivity index (χ1) is 10.0.